The van der Waals surface area contributed by atoms with Gasteiger partial charge >= 0.3 is 5.97 Å². The quantitative estimate of drug-likeness (QED) is 0.781. The van der Waals surface area contributed by atoms with E-state index in [4.69, 9.17) is 9.84 Å². The molecule has 5 nitrogen and oxygen atoms in total. The number of carbonyl (C=O) groups excluding carboxylic acids is 1. The summed E-state index contributed by atoms with van der Waals surface area (Å²) in [5, 5.41) is 11.5. The Kier molecular flexibility index (Phi) is 6.37. The maximum absolute atomic E-state index is 12.2. The molecule has 0 fully saturated rings. The predicted molar refractivity (Wildman–Crippen MR) is 91.1 cm³/mol. The van der Waals surface area contributed by atoms with Crippen LogP contribution in [-0.2, 0) is 16.0 Å². The van der Waals surface area contributed by atoms with Crippen molar-refractivity contribution in [2.24, 2.45) is 0 Å². The molecule has 0 heterocycles. The van der Waals surface area contributed by atoms with Crippen LogP contribution in [-0.4, -0.2) is 30.1 Å². The molecule has 1 atom stereocenters. The van der Waals surface area contributed by atoms with Crippen LogP contribution in [0, 0.1) is 0 Å². The van der Waals surface area contributed by atoms with Crippen molar-refractivity contribution >= 4 is 11.9 Å². The molecule has 0 aliphatic carbocycles. The highest BCUT2D eigenvalue weighted by molar-refractivity contribution is 5.83. The molecule has 0 saturated carbocycles. The smallest absolute Gasteiger partial charge is 0.341 e. The van der Waals surface area contributed by atoms with E-state index in [0.29, 0.717) is 18.7 Å². The highest BCUT2D eigenvalue weighted by atomic mass is 16.5. The van der Waals surface area contributed by atoms with Gasteiger partial charge in [-0.05, 0) is 36.6 Å². The number of nitrogens with one attached hydrogen (secondary N) is 1. The lowest BCUT2D eigenvalue weighted by atomic mass is 10.0. The molecule has 5 heteroatoms. The highest BCUT2D eigenvalue weighted by Gasteiger charge is 2.13. The van der Waals surface area contributed by atoms with Crippen molar-refractivity contribution in [1.29, 1.82) is 0 Å². The molecule has 0 bridgehead atoms. The zero-order valence-corrected chi connectivity index (χ0v) is 13.6. The zero-order chi connectivity index (χ0) is 17.4. The van der Waals surface area contributed by atoms with E-state index in [1.807, 2.05) is 49.4 Å². The molecule has 0 saturated heterocycles. The number of amides is 1. The SMILES string of the molecule is CC(C(=O)NCCc1ccc(OCC(=O)O)cc1)c1ccccc1. The Morgan fingerprint density at radius 1 is 1.08 bits per heavy atom. The van der Waals surface area contributed by atoms with E-state index >= 15 is 0 Å². The highest BCUT2D eigenvalue weighted by Crippen LogP contribution is 2.15. The molecule has 0 aliphatic heterocycles. The Morgan fingerprint density at radius 2 is 1.75 bits per heavy atom. The van der Waals surface area contributed by atoms with E-state index in [9.17, 15) is 9.59 Å². The fourth-order valence-corrected chi connectivity index (χ4v) is 2.27. The van der Waals surface area contributed by atoms with Gasteiger partial charge in [-0.3, -0.25) is 4.79 Å². The van der Waals surface area contributed by atoms with Crippen LogP contribution in [0.25, 0.3) is 0 Å². The Bertz CT molecular complexity index is 668. The van der Waals surface area contributed by atoms with Crippen molar-refractivity contribution in [2.45, 2.75) is 19.3 Å². The first-order chi connectivity index (χ1) is 11.6. The molecule has 0 aliphatic rings. The summed E-state index contributed by atoms with van der Waals surface area (Å²) >= 11 is 0. The number of carboxylic acids is 1. The van der Waals surface area contributed by atoms with Gasteiger partial charge in [0.25, 0.3) is 0 Å². The maximum Gasteiger partial charge on any atom is 0.341 e. The van der Waals surface area contributed by atoms with Crippen LogP contribution in [0.4, 0.5) is 0 Å². The molecule has 1 unspecified atom stereocenters. The van der Waals surface area contributed by atoms with Crippen LogP contribution in [0.1, 0.15) is 24.0 Å². The van der Waals surface area contributed by atoms with Gasteiger partial charge in [0.1, 0.15) is 5.75 Å². The van der Waals surface area contributed by atoms with Crippen LogP contribution >= 0.6 is 0 Å². The largest absolute Gasteiger partial charge is 0.482 e. The van der Waals surface area contributed by atoms with Gasteiger partial charge < -0.3 is 15.2 Å². The third kappa shape index (κ3) is 5.43. The first kappa shape index (κ1) is 17.5. The molecule has 2 N–H and O–H groups in total. The van der Waals surface area contributed by atoms with E-state index in [2.05, 4.69) is 5.32 Å². The minimum Gasteiger partial charge on any atom is -0.482 e. The lowest BCUT2D eigenvalue weighted by Crippen LogP contribution is -2.29. The van der Waals surface area contributed by atoms with E-state index in [1.165, 1.54) is 0 Å². The van der Waals surface area contributed by atoms with E-state index in [-0.39, 0.29) is 18.4 Å². The zero-order valence-electron chi connectivity index (χ0n) is 13.6. The number of benzene rings is 2. The Labute approximate surface area is 141 Å². The lowest BCUT2D eigenvalue weighted by Gasteiger charge is -2.12. The monoisotopic (exact) mass is 327 g/mol. The van der Waals surface area contributed by atoms with Gasteiger partial charge in [0.05, 0.1) is 5.92 Å². The molecule has 2 aromatic rings. The molecular formula is C19H21NO4. The first-order valence-corrected chi connectivity index (χ1v) is 7.82. The van der Waals surface area contributed by atoms with Gasteiger partial charge in [-0.25, -0.2) is 4.79 Å². The summed E-state index contributed by atoms with van der Waals surface area (Å²) in [6, 6.07) is 16.9. The minimum absolute atomic E-state index is 0.00242. The summed E-state index contributed by atoms with van der Waals surface area (Å²) in [5.41, 5.74) is 2.04. The van der Waals surface area contributed by atoms with Crippen LogP contribution in [0.5, 0.6) is 5.75 Å². The molecule has 0 spiro atoms. The number of hydrogen-bond acceptors (Lipinski definition) is 3. The second-order valence-corrected chi connectivity index (χ2v) is 5.50. The molecule has 0 aromatic heterocycles. The third-order valence-corrected chi connectivity index (χ3v) is 3.69. The number of aliphatic carboxylic acids is 1. The van der Waals surface area contributed by atoms with Gasteiger partial charge in [-0.1, -0.05) is 42.5 Å². The molecule has 24 heavy (non-hydrogen) atoms. The standard InChI is InChI=1S/C19H21NO4/c1-14(16-5-3-2-4-6-16)19(23)20-12-11-15-7-9-17(10-8-15)24-13-18(21)22/h2-10,14H,11-13H2,1H3,(H,20,23)(H,21,22). The number of hydrogen-bond donors (Lipinski definition) is 2. The minimum atomic E-state index is -1.01. The second kappa shape index (κ2) is 8.72. The number of carboxylic acid groups (broad SMARTS) is 1. The summed E-state index contributed by atoms with van der Waals surface area (Å²) in [4.78, 5) is 22.6. The summed E-state index contributed by atoms with van der Waals surface area (Å²) in [6.45, 7) is 2.08. The molecule has 1 amide bonds. The molecular weight excluding hydrogens is 306 g/mol. The van der Waals surface area contributed by atoms with Crippen molar-refractivity contribution in [2.75, 3.05) is 13.2 Å². The van der Waals surface area contributed by atoms with E-state index in [0.717, 1.165) is 11.1 Å². The third-order valence-electron chi connectivity index (χ3n) is 3.69. The number of carbonyl (C=O) groups is 2. The molecule has 0 radical (unpaired) electrons. The van der Waals surface area contributed by atoms with Gasteiger partial charge in [0.2, 0.25) is 5.91 Å². The van der Waals surface area contributed by atoms with E-state index in [1.54, 1.807) is 12.1 Å². The average molecular weight is 327 g/mol. The second-order valence-electron chi connectivity index (χ2n) is 5.50. The summed E-state index contributed by atoms with van der Waals surface area (Å²) in [5.74, 6) is -0.669. The van der Waals surface area contributed by atoms with Crippen molar-refractivity contribution in [3.05, 3.63) is 65.7 Å². The average Bonchev–Trinajstić information content (AvgIpc) is 2.61. The molecule has 2 rings (SSSR count). The Balaban J connectivity index is 1.77. The van der Waals surface area contributed by atoms with Crippen LogP contribution in [0.3, 0.4) is 0 Å². The predicted octanol–water partition coefficient (Wildman–Crippen LogP) is 2.61. The molecule has 126 valence electrons. The summed E-state index contributed by atoms with van der Waals surface area (Å²) < 4.78 is 5.08. The van der Waals surface area contributed by atoms with Crippen LogP contribution in [0.2, 0.25) is 0 Å². The summed E-state index contributed by atoms with van der Waals surface area (Å²) in [6.07, 6.45) is 0.701. The van der Waals surface area contributed by atoms with E-state index < -0.39 is 5.97 Å². The number of rotatable bonds is 8. The fraction of sp³-hybridized carbons (Fsp3) is 0.263. The first-order valence-electron chi connectivity index (χ1n) is 7.82. The van der Waals surface area contributed by atoms with Gasteiger partial charge in [-0.15, -0.1) is 0 Å². The van der Waals surface area contributed by atoms with Crippen molar-refractivity contribution in [3.63, 3.8) is 0 Å². The normalized spacial score (nSPS) is 11.5. The van der Waals surface area contributed by atoms with Gasteiger partial charge in [0, 0.05) is 6.54 Å². The Hall–Kier alpha value is -2.82. The van der Waals surface area contributed by atoms with Crippen LogP contribution < -0.4 is 10.1 Å². The topological polar surface area (TPSA) is 75.6 Å². The Morgan fingerprint density at radius 3 is 2.38 bits per heavy atom. The van der Waals surface area contributed by atoms with Crippen molar-refractivity contribution < 1.29 is 19.4 Å². The summed E-state index contributed by atoms with van der Waals surface area (Å²) in [7, 11) is 0. The van der Waals surface area contributed by atoms with Crippen molar-refractivity contribution in [3.8, 4) is 5.75 Å². The molecule has 2 aromatic carbocycles. The van der Waals surface area contributed by atoms with Crippen molar-refractivity contribution in [1.82, 2.24) is 5.32 Å². The maximum atomic E-state index is 12.2. The number of ether oxygens (including phenoxy) is 1. The van der Waals surface area contributed by atoms with Crippen LogP contribution in [0.15, 0.2) is 54.6 Å². The van der Waals surface area contributed by atoms with Gasteiger partial charge in [0.15, 0.2) is 6.61 Å². The lowest BCUT2D eigenvalue weighted by molar-refractivity contribution is -0.139. The fourth-order valence-electron chi connectivity index (χ4n) is 2.27. The van der Waals surface area contributed by atoms with Gasteiger partial charge in [-0.2, -0.15) is 0 Å².